The molecule has 2 heterocycles. The van der Waals surface area contributed by atoms with Gasteiger partial charge in [-0.2, -0.15) is 5.10 Å². The van der Waals surface area contributed by atoms with Crippen LogP contribution in [-0.2, 0) is 11.3 Å². The van der Waals surface area contributed by atoms with Gasteiger partial charge >= 0.3 is 0 Å². The quantitative estimate of drug-likeness (QED) is 0.768. The van der Waals surface area contributed by atoms with Crippen LogP contribution in [0.3, 0.4) is 0 Å². The van der Waals surface area contributed by atoms with Gasteiger partial charge in [-0.05, 0) is 25.5 Å². The number of nitrogens with one attached hydrogen (secondary N) is 2. The summed E-state index contributed by atoms with van der Waals surface area (Å²) in [6, 6.07) is 7.24. The van der Waals surface area contributed by atoms with E-state index in [0.29, 0.717) is 16.7 Å². The second-order valence-corrected chi connectivity index (χ2v) is 5.45. The molecule has 7 heteroatoms. The van der Waals surface area contributed by atoms with Crippen molar-refractivity contribution in [3.8, 4) is 0 Å². The number of H-pyrrole nitrogens is 1. The highest BCUT2D eigenvalue weighted by Gasteiger charge is 2.09. The average molecular weight is 311 g/mol. The molecule has 2 aromatic heterocycles. The van der Waals surface area contributed by atoms with Gasteiger partial charge in [0.2, 0.25) is 5.91 Å². The molecule has 2 N–H and O–H groups in total. The Morgan fingerprint density at radius 1 is 1.35 bits per heavy atom. The van der Waals surface area contributed by atoms with Crippen molar-refractivity contribution < 1.29 is 4.79 Å². The third kappa shape index (κ3) is 3.13. The molecule has 23 heavy (non-hydrogen) atoms. The fourth-order valence-corrected chi connectivity index (χ4v) is 2.41. The number of rotatable bonds is 4. The highest BCUT2D eigenvalue weighted by atomic mass is 16.2. The summed E-state index contributed by atoms with van der Waals surface area (Å²) in [6.45, 7) is 4.04. The van der Waals surface area contributed by atoms with Gasteiger partial charge in [0.15, 0.2) is 5.82 Å². The molecule has 0 aliphatic heterocycles. The lowest BCUT2D eigenvalue weighted by atomic mass is 10.1. The first-order valence-electron chi connectivity index (χ1n) is 7.31. The van der Waals surface area contributed by atoms with E-state index in [1.54, 1.807) is 12.1 Å². The molecular formula is C16H17N5O2. The highest BCUT2D eigenvalue weighted by Crippen LogP contribution is 2.11. The number of fused-ring (bicyclic) bond motifs is 1. The Labute approximate surface area is 132 Å². The number of aryl methyl sites for hydroxylation is 3. The normalized spacial score (nSPS) is 10.9. The summed E-state index contributed by atoms with van der Waals surface area (Å²) < 4.78 is 1.46. The van der Waals surface area contributed by atoms with E-state index in [1.807, 2.05) is 26.0 Å². The zero-order chi connectivity index (χ0) is 16.4. The van der Waals surface area contributed by atoms with E-state index in [9.17, 15) is 9.59 Å². The Morgan fingerprint density at radius 3 is 2.91 bits per heavy atom. The topological polar surface area (TPSA) is 92.7 Å². The van der Waals surface area contributed by atoms with Crippen LogP contribution >= 0.6 is 0 Å². The summed E-state index contributed by atoms with van der Waals surface area (Å²) in [4.78, 5) is 28.7. The lowest BCUT2D eigenvalue weighted by molar-refractivity contribution is -0.116. The molecule has 0 fully saturated rings. The molecule has 0 aliphatic rings. The number of hydrogen-bond acceptors (Lipinski definition) is 4. The predicted octanol–water partition coefficient (Wildman–Crippen LogP) is 1.77. The summed E-state index contributed by atoms with van der Waals surface area (Å²) in [5, 5.41) is 9.94. The third-order valence-electron chi connectivity index (χ3n) is 3.61. The van der Waals surface area contributed by atoms with Crippen LogP contribution in [0.2, 0.25) is 0 Å². The molecule has 1 amide bonds. The fraction of sp³-hybridized carbons (Fsp3) is 0.250. The first-order chi connectivity index (χ1) is 11.0. The number of para-hydroxylation sites is 1. The zero-order valence-electron chi connectivity index (χ0n) is 13.0. The third-order valence-corrected chi connectivity index (χ3v) is 3.61. The second-order valence-electron chi connectivity index (χ2n) is 5.45. The van der Waals surface area contributed by atoms with Gasteiger partial charge in [-0.25, -0.2) is 4.98 Å². The number of carbonyl (C=O) groups excluding carboxylic acids is 1. The van der Waals surface area contributed by atoms with Crippen molar-refractivity contribution in [2.45, 2.75) is 26.8 Å². The second kappa shape index (κ2) is 6.04. The summed E-state index contributed by atoms with van der Waals surface area (Å²) >= 11 is 0. The summed E-state index contributed by atoms with van der Waals surface area (Å²) in [7, 11) is 0. The SMILES string of the molecule is Cc1cc(NC(=O)CCn2cnc3c(C)cccc3c2=O)n[nH]1. The number of carbonyl (C=O) groups is 1. The van der Waals surface area contributed by atoms with Crippen LogP contribution in [0.25, 0.3) is 10.9 Å². The number of amides is 1. The Bertz CT molecular complexity index is 926. The van der Waals surface area contributed by atoms with Gasteiger partial charge in [-0.15, -0.1) is 0 Å². The minimum Gasteiger partial charge on any atom is -0.309 e. The van der Waals surface area contributed by atoms with Gasteiger partial charge in [-0.3, -0.25) is 19.3 Å². The van der Waals surface area contributed by atoms with Crippen molar-refractivity contribution in [2.75, 3.05) is 5.32 Å². The maximum absolute atomic E-state index is 12.4. The molecule has 0 spiro atoms. The monoisotopic (exact) mass is 311 g/mol. The standard InChI is InChI=1S/C16H17N5O2/c1-10-4-3-5-12-15(10)17-9-21(16(12)23)7-6-14(22)18-13-8-11(2)19-20-13/h3-5,8-9H,6-7H2,1-2H3,(H2,18,19,20,22). The Hall–Kier alpha value is -2.96. The van der Waals surface area contributed by atoms with Crippen LogP contribution in [0.1, 0.15) is 17.7 Å². The number of aromatic amines is 1. The number of aromatic nitrogens is 4. The molecule has 0 aliphatic carbocycles. The Balaban J connectivity index is 1.73. The molecule has 118 valence electrons. The van der Waals surface area contributed by atoms with Gasteiger partial charge in [0.05, 0.1) is 17.2 Å². The van der Waals surface area contributed by atoms with E-state index in [-0.39, 0.29) is 24.4 Å². The lowest BCUT2D eigenvalue weighted by Crippen LogP contribution is -2.24. The predicted molar refractivity (Wildman–Crippen MR) is 87.3 cm³/mol. The van der Waals surface area contributed by atoms with E-state index in [0.717, 1.165) is 11.3 Å². The van der Waals surface area contributed by atoms with Gasteiger partial charge in [-0.1, -0.05) is 12.1 Å². The fourth-order valence-electron chi connectivity index (χ4n) is 2.41. The highest BCUT2D eigenvalue weighted by molar-refractivity contribution is 5.89. The van der Waals surface area contributed by atoms with E-state index >= 15 is 0 Å². The van der Waals surface area contributed by atoms with Gasteiger partial charge in [0.1, 0.15) is 0 Å². The van der Waals surface area contributed by atoms with Crippen LogP contribution in [0.5, 0.6) is 0 Å². The van der Waals surface area contributed by atoms with Crippen LogP contribution in [0.15, 0.2) is 35.4 Å². The Morgan fingerprint density at radius 2 is 2.17 bits per heavy atom. The summed E-state index contributed by atoms with van der Waals surface area (Å²) in [5.74, 6) is 0.278. The first-order valence-corrected chi connectivity index (χ1v) is 7.31. The molecule has 0 bridgehead atoms. The smallest absolute Gasteiger partial charge is 0.261 e. The number of benzene rings is 1. The molecule has 0 saturated carbocycles. The van der Waals surface area contributed by atoms with E-state index in [2.05, 4.69) is 20.5 Å². The van der Waals surface area contributed by atoms with Gasteiger partial charge in [0, 0.05) is 24.7 Å². The molecule has 1 aromatic carbocycles. The van der Waals surface area contributed by atoms with E-state index in [1.165, 1.54) is 10.9 Å². The number of nitrogens with zero attached hydrogens (tertiary/aromatic N) is 3. The van der Waals surface area contributed by atoms with Crippen LogP contribution in [-0.4, -0.2) is 25.7 Å². The van der Waals surface area contributed by atoms with Crippen molar-refractivity contribution in [2.24, 2.45) is 0 Å². The Kier molecular flexibility index (Phi) is 3.92. The van der Waals surface area contributed by atoms with Crippen molar-refractivity contribution in [1.82, 2.24) is 19.7 Å². The van der Waals surface area contributed by atoms with Crippen molar-refractivity contribution >= 4 is 22.6 Å². The minimum atomic E-state index is -0.201. The van der Waals surface area contributed by atoms with Crippen LogP contribution in [0, 0.1) is 13.8 Å². The number of anilines is 1. The molecule has 0 saturated heterocycles. The first kappa shape index (κ1) is 15.0. The number of hydrogen-bond donors (Lipinski definition) is 2. The van der Waals surface area contributed by atoms with E-state index < -0.39 is 0 Å². The van der Waals surface area contributed by atoms with Crippen LogP contribution < -0.4 is 10.9 Å². The molecule has 3 rings (SSSR count). The maximum Gasteiger partial charge on any atom is 0.261 e. The molecule has 0 unspecified atom stereocenters. The maximum atomic E-state index is 12.4. The minimum absolute atomic E-state index is 0.137. The molecule has 0 radical (unpaired) electrons. The zero-order valence-corrected chi connectivity index (χ0v) is 13.0. The van der Waals surface area contributed by atoms with Crippen molar-refractivity contribution in [1.29, 1.82) is 0 Å². The van der Waals surface area contributed by atoms with Gasteiger partial charge < -0.3 is 5.32 Å². The summed E-state index contributed by atoms with van der Waals surface area (Å²) in [6.07, 6.45) is 1.66. The van der Waals surface area contributed by atoms with Crippen molar-refractivity contribution in [3.63, 3.8) is 0 Å². The molecular weight excluding hydrogens is 294 g/mol. The van der Waals surface area contributed by atoms with E-state index in [4.69, 9.17) is 0 Å². The van der Waals surface area contributed by atoms with Gasteiger partial charge in [0.25, 0.3) is 5.56 Å². The molecule has 3 aromatic rings. The largest absolute Gasteiger partial charge is 0.309 e. The molecule has 7 nitrogen and oxygen atoms in total. The van der Waals surface area contributed by atoms with Crippen molar-refractivity contribution in [3.05, 3.63) is 52.2 Å². The van der Waals surface area contributed by atoms with Crippen LogP contribution in [0.4, 0.5) is 5.82 Å². The average Bonchev–Trinajstić information content (AvgIpc) is 2.92. The molecule has 0 atom stereocenters. The lowest BCUT2D eigenvalue weighted by Gasteiger charge is -2.07. The summed E-state index contributed by atoms with van der Waals surface area (Å²) in [5.41, 5.74) is 2.39.